The molecule has 114 valence electrons. The Morgan fingerprint density at radius 2 is 2.15 bits per heavy atom. The fraction of sp³-hybridized carbons (Fsp3) is 0.692. The monoisotopic (exact) mass is 362 g/mol. The highest BCUT2D eigenvalue weighted by Crippen LogP contribution is 2.23. The number of aromatic nitrogens is 1. The molecule has 0 aromatic carbocycles. The van der Waals surface area contributed by atoms with Gasteiger partial charge in [-0.3, -0.25) is 9.69 Å². The highest BCUT2D eigenvalue weighted by molar-refractivity contribution is 8.93. The first-order chi connectivity index (χ1) is 9.33. The maximum absolute atomic E-state index is 10.2. The second-order valence-corrected chi connectivity index (χ2v) is 5.85. The summed E-state index contributed by atoms with van der Waals surface area (Å²) < 4.78 is 0. The number of piperazine rings is 1. The molecule has 1 amide bonds. The van der Waals surface area contributed by atoms with E-state index in [2.05, 4.69) is 27.0 Å². The summed E-state index contributed by atoms with van der Waals surface area (Å²) in [7, 11) is 0. The molecule has 1 saturated heterocycles. The molecule has 1 N–H and O–H groups in total. The van der Waals surface area contributed by atoms with Crippen molar-refractivity contribution in [3.63, 3.8) is 0 Å². The minimum absolute atomic E-state index is 0. The van der Waals surface area contributed by atoms with Crippen LogP contribution in [0.4, 0.5) is 5.13 Å². The first-order valence-electron chi connectivity index (χ1n) is 6.92. The Hall–Kier alpha value is -0.660. The zero-order valence-electron chi connectivity index (χ0n) is 11.9. The van der Waals surface area contributed by atoms with E-state index in [1.165, 1.54) is 17.8 Å². The number of nitrogens with zero attached hydrogens (tertiary/aromatic N) is 3. The Morgan fingerprint density at radius 1 is 1.40 bits per heavy atom. The maximum atomic E-state index is 10.2. The van der Waals surface area contributed by atoms with Crippen molar-refractivity contribution < 1.29 is 4.79 Å². The van der Waals surface area contributed by atoms with Crippen LogP contribution in [0.1, 0.15) is 18.2 Å². The zero-order chi connectivity index (χ0) is 13.5. The minimum atomic E-state index is 0. The van der Waals surface area contributed by atoms with E-state index in [-0.39, 0.29) is 17.0 Å². The van der Waals surface area contributed by atoms with E-state index in [1.54, 1.807) is 11.3 Å². The Kier molecular flexibility index (Phi) is 8.09. The van der Waals surface area contributed by atoms with Gasteiger partial charge in [-0.15, -0.1) is 28.3 Å². The van der Waals surface area contributed by atoms with E-state index >= 15 is 0 Å². The molecule has 1 fully saturated rings. The third kappa shape index (κ3) is 5.03. The number of thiazole rings is 1. The normalized spacial score (nSPS) is 15.8. The van der Waals surface area contributed by atoms with E-state index in [0.29, 0.717) is 6.54 Å². The summed E-state index contributed by atoms with van der Waals surface area (Å²) in [5, 5.41) is 3.81. The van der Waals surface area contributed by atoms with Crippen molar-refractivity contribution in [1.82, 2.24) is 15.2 Å². The second-order valence-electron chi connectivity index (χ2n) is 4.76. The van der Waals surface area contributed by atoms with Crippen LogP contribution in [0.5, 0.6) is 0 Å². The van der Waals surface area contributed by atoms with Crippen molar-refractivity contribution in [1.29, 1.82) is 0 Å². The molecule has 0 saturated carbocycles. The number of carbonyl (C=O) groups excluding carboxylic acids is 1. The third-order valence-corrected chi connectivity index (χ3v) is 4.44. The quantitative estimate of drug-likeness (QED) is 0.590. The van der Waals surface area contributed by atoms with Crippen molar-refractivity contribution in [3.8, 4) is 0 Å². The van der Waals surface area contributed by atoms with Gasteiger partial charge in [0.1, 0.15) is 0 Å². The maximum Gasteiger partial charge on any atom is 0.207 e. The first-order valence-corrected chi connectivity index (χ1v) is 7.74. The van der Waals surface area contributed by atoms with Gasteiger partial charge in [-0.2, -0.15) is 0 Å². The van der Waals surface area contributed by atoms with E-state index in [1.807, 2.05) is 6.20 Å². The van der Waals surface area contributed by atoms with Gasteiger partial charge in [0.15, 0.2) is 5.13 Å². The summed E-state index contributed by atoms with van der Waals surface area (Å²) in [4.78, 5) is 20.8. The van der Waals surface area contributed by atoms with Crippen LogP contribution >= 0.6 is 28.3 Å². The molecule has 20 heavy (non-hydrogen) atoms. The van der Waals surface area contributed by atoms with Crippen molar-refractivity contribution in [2.75, 3.05) is 44.2 Å². The Balaban J connectivity index is 0.00000200. The van der Waals surface area contributed by atoms with E-state index in [4.69, 9.17) is 0 Å². The van der Waals surface area contributed by atoms with Crippen LogP contribution in [0.15, 0.2) is 6.20 Å². The molecule has 2 heterocycles. The van der Waals surface area contributed by atoms with Gasteiger partial charge in [0.2, 0.25) is 6.41 Å². The lowest BCUT2D eigenvalue weighted by Crippen LogP contribution is -2.46. The molecule has 0 bridgehead atoms. The number of rotatable bonds is 7. The molecule has 2 rings (SSSR count). The van der Waals surface area contributed by atoms with E-state index in [9.17, 15) is 4.79 Å². The molecule has 1 aromatic rings. The summed E-state index contributed by atoms with van der Waals surface area (Å²) in [6.07, 6.45) is 4.77. The Morgan fingerprint density at radius 3 is 2.80 bits per heavy atom. The molecular weight excluding hydrogens is 340 g/mol. The standard InChI is InChI=1S/C13H22N4OS.BrH/c1-2-5-16-6-8-17(9-7-16)13-15-10-12(19-13)3-4-14-11-18;/h10-11H,2-9H2,1H3,(H,14,18);1H. The van der Waals surface area contributed by atoms with Crippen molar-refractivity contribution in [2.45, 2.75) is 19.8 Å². The van der Waals surface area contributed by atoms with Crippen molar-refractivity contribution in [3.05, 3.63) is 11.1 Å². The van der Waals surface area contributed by atoms with Crippen molar-refractivity contribution >= 4 is 39.9 Å². The van der Waals surface area contributed by atoms with Crippen LogP contribution in [0, 0.1) is 0 Å². The van der Waals surface area contributed by atoms with Crippen LogP contribution in [0.2, 0.25) is 0 Å². The number of carbonyl (C=O) groups is 1. The topological polar surface area (TPSA) is 48.5 Å². The third-order valence-electron chi connectivity index (χ3n) is 3.32. The van der Waals surface area contributed by atoms with Gasteiger partial charge < -0.3 is 10.2 Å². The Labute approximate surface area is 135 Å². The highest BCUT2D eigenvalue weighted by Gasteiger charge is 2.18. The van der Waals surface area contributed by atoms with Gasteiger partial charge in [-0.1, -0.05) is 6.92 Å². The van der Waals surface area contributed by atoms with Crippen molar-refractivity contribution in [2.24, 2.45) is 0 Å². The average Bonchev–Trinajstić information content (AvgIpc) is 2.89. The molecule has 0 unspecified atom stereocenters. The van der Waals surface area contributed by atoms with Gasteiger partial charge in [-0.05, 0) is 13.0 Å². The van der Waals surface area contributed by atoms with E-state index < -0.39 is 0 Å². The summed E-state index contributed by atoms with van der Waals surface area (Å²) in [5.74, 6) is 0. The molecule has 1 aromatic heterocycles. The van der Waals surface area contributed by atoms with Crippen LogP contribution < -0.4 is 10.2 Å². The first kappa shape index (κ1) is 17.4. The minimum Gasteiger partial charge on any atom is -0.358 e. The summed E-state index contributed by atoms with van der Waals surface area (Å²) in [6, 6.07) is 0. The average molecular weight is 363 g/mol. The molecule has 1 aliphatic heterocycles. The SMILES string of the molecule is Br.CCCN1CCN(c2ncc(CCNC=O)s2)CC1. The van der Waals surface area contributed by atoms with Gasteiger partial charge in [0.25, 0.3) is 0 Å². The molecule has 7 heteroatoms. The van der Waals surface area contributed by atoms with Crippen LogP contribution in [-0.4, -0.2) is 55.6 Å². The van der Waals surface area contributed by atoms with Crippen LogP contribution in [0.3, 0.4) is 0 Å². The number of nitrogens with one attached hydrogen (secondary N) is 1. The molecule has 0 radical (unpaired) electrons. The molecule has 0 atom stereocenters. The fourth-order valence-corrected chi connectivity index (χ4v) is 3.25. The molecule has 0 aliphatic carbocycles. The zero-order valence-corrected chi connectivity index (χ0v) is 14.4. The number of hydrogen-bond acceptors (Lipinski definition) is 5. The van der Waals surface area contributed by atoms with Gasteiger partial charge in [0.05, 0.1) is 0 Å². The summed E-state index contributed by atoms with van der Waals surface area (Å²) in [5.41, 5.74) is 0. The molecule has 0 spiro atoms. The van der Waals surface area contributed by atoms with Gasteiger partial charge in [0, 0.05) is 50.2 Å². The van der Waals surface area contributed by atoms with E-state index in [0.717, 1.165) is 44.1 Å². The highest BCUT2D eigenvalue weighted by atomic mass is 79.9. The second kappa shape index (κ2) is 9.31. The summed E-state index contributed by atoms with van der Waals surface area (Å²) >= 11 is 1.74. The number of halogens is 1. The van der Waals surface area contributed by atoms with Crippen LogP contribution in [0.25, 0.3) is 0 Å². The van der Waals surface area contributed by atoms with Gasteiger partial charge >= 0.3 is 0 Å². The molecule has 1 aliphatic rings. The molecule has 5 nitrogen and oxygen atoms in total. The summed E-state index contributed by atoms with van der Waals surface area (Å²) in [6.45, 7) is 8.53. The largest absolute Gasteiger partial charge is 0.358 e. The lowest BCUT2D eigenvalue weighted by Gasteiger charge is -2.34. The molecular formula is C13H23BrN4OS. The fourth-order valence-electron chi connectivity index (χ4n) is 2.29. The van der Waals surface area contributed by atoms with Crippen LogP contribution in [-0.2, 0) is 11.2 Å². The Bertz CT molecular complexity index is 393. The number of hydrogen-bond donors (Lipinski definition) is 1. The lowest BCUT2D eigenvalue weighted by atomic mass is 10.3. The smallest absolute Gasteiger partial charge is 0.207 e. The van der Waals surface area contributed by atoms with Gasteiger partial charge in [-0.25, -0.2) is 4.98 Å². The lowest BCUT2D eigenvalue weighted by molar-refractivity contribution is -0.109. The predicted octanol–water partition coefficient (Wildman–Crippen LogP) is 1.54. The number of amides is 1. The predicted molar refractivity (Wildman–Crippen MR) is 89.2 cm³/mol. The number of anilines is 1.